The number of aromatic nitrogens is 3. The van der Waals surface area contributed by atoms with E-state index in [4.69, 9.17) is 0 Å². The Hall–Kier alpha value is -2.05. The second-order valence-corrected chi connectivity index (χ2v) is 3.70. The van der Waals surface area contributed by atoms with E-state index in [9.17, 15) is 13.2 Å². The van der Waals surface area contributed by atoms with Crippen molar-refractivity contribution in [3.05, 3.63) is 41.9 Å². The lowest BCUT2D eigenvalue weighted by Gasteiger charge is -2.13. The Bertz CT molecular complexity index is 533. The highest BCUT2D eigenvalue weighted by molar-refractivity contribution is 5.45. The van der Waals surface area contributed by atoms with E-state index in [1.54, 1.807) is 24.0 Å². The van der Waals surface area contributed by atoms with Crippen molar-refractivity contribution in [3.63, 3.8) is 0 Å². The molecule has 96 valence electrons. The van der Waals surface area contributed by atoms with Gasteiger partial charge in [0.2, 0.25) is 0 Å². The molecule has 0 aliphatic heterocycles. The maximum atomic E-state index is 12.7. The summed E-state index contributed by atoms with van der Waals surface area (Å²) in [7, 11) is 1.72. The molecule has 0 spiro atoms. The molecule has 0 aliphatic carbocycles. The Morgan fingerprint density at radius 1 is 1.28 bits per heavy atom. The Morgan fingerprint density at radius 3 is 2.67 bits per heavy atom. The minimum atomic E-state index is -4.41. The summed E-state index contributed by atoms with van der Waals surface area (Å²) >= 11 is 0. The summed E-state index contributed by atoms with van der Waals surface area (Å²) in [6.07, 6.45) is -1.51. The number of hydrogen-bond donors (Lipinski definition) is 1. The van der Waals surface area contributed by atoms with Gasteiger partial charge in [-0.05, 0) is 18.2 Å². The van der Waals surface area contributed by atoms with Crippen molar-refractivity contribution in [1.82, 2.24) is 14.8 Å². The second kappa shape index (κ2) is 4.67. The third kappa shape index (κ3) is 2.61. The largest absolute Gasteiger partial charge is 0.419 e. The van der Waals surface area contributed by atoms with E-state index in [0.29, 0.717) is 0 Å². The summed E-state index contributed by atoms with van der Waals surface area (Å²) in [5.41, 5.74) is 0.000876. The summed E-state index contributed by atoms with van der Waals surface area (Å²) in [4.78, 5) is 3.71. The fraction of sp³-hybridized carbons (Fsp3) is 0.273. The van der Waals surface area contributed by atoms with Gasteiger partial charge in [0.25, 0.3) is 0 Å². The topological polar surface area (TPSA) is 42.7 Å². The van der Waals surface area contributed by atoms with Crippen LogP contribution in [0.5, 0.6) is 0 Å². The molecule has 0 radical (unpaired) electrons. The average molecular weight is 256 g/mol. The van der Waals surface area contributed by atoms with Crippen LogP contribution in [0.2, 0.25) is 0 Å². The van der Waals surface area contributed by atoms with Crippen LogP contribution in [0.15, 0.2) is 30.6 Å². The van der Waals surface area contributed by atoms with Crippen molar-refractivity contribution < 1.29 is 13.2 Å². The molecule has 0 bridgehead atoms. The van der Waals surface area contributed by atoms with Crippen LogP contribution in [0.25, 0.3) is 0 Å². The SMILES string of the molecule is Cn1nccc1CNc1ncccc1C(F)(F)F. The molecular formula is C11H11F3N4. The quantitative estimate of drug-likeness (QED) is 0.917. The number of hydrogen-bond acceptors (Lipinski definition) is 3. The van der Waals surface area contributed by atoms with E-state index in [0.717, 1.165) is 11.8 Å². The van der Waals surface area contributed by atoms with Crippen LogP contribution in [0.3, 0.4) is 0 Å². The maximum Gasteiger partial charge on any atom is 0.419 e. The first-order valence-corrected chi connectivity index (χ1v) is 5.21. The Balaban J connectivity index is 2.17. The number of pyridine rings is 1. The van der Waals surface area contributed by atoms with Crippen LogP contribution in [-0.4, -0.2) is 14.8 Å². The monoisotopic (exact) mass is 256 g/mol. The summed E-state index contributed by atoms with van der Waals surface area (Å²) < 4.78 is 39.7. The van der Waals surface area contributed by atoms with Gasteiger partial charge in [-0.1, -0.05) is 0 Å². The molecular weight excluding hydrogens is 245 g/mol. The van der Waals surface area contributed by atoms with Gasteiger partial charge in [-0.3, -0.25) is 4.68 Å². The number of alkyl halides is 3. The summed E-state index contributed by atoms with van der Waals surface area (Å²) in [6, 6.07) is 3.99. The number of nitrogens with zero attached hydrogens (tertiary/aromatic N) is 3. The first kappa shape index (κ1) is 12.4. The molecule has 1 N–H and O–H groups in total. The van der Waals surface area contributed by atoms with Gasteiger partial charge >= 0.3 is 6.18 Å². The molecule has 0 atom stereocenters. The lowest BCUT2D eigenvalue weighted by atomic mass is 10.2. The molecule has 0 unspecified atom stereocenters. The number of nitrogens with one attached hydrogen (secondary N) is 1. The number of rotatable bonds is 3. The Morgan fingerprint density at radius 2 is 2.06 bits per heavy atom. The van der Waals surface area contributed by atoms with E-state index in [2.05, 4.69) is 15.4 Å². The third-order valence-electron chi connectivity index (χ3n) is 2.47. The molecule has 2 aromatic heterocycles. The van der Waals surface area contributed by atoms with Crippen LogP contribution >= 0.6 is 0 Å². The minimum Gasteiger partial charge on any atom is -0.364 e. The lowest BCUT2D eigenvalue weighted by Crippen LogP contribution is -2.13. The van der Waals surface area contributed by atoms with Crippen molar-refractivity contribution in [3.8, 4) is 0 Å². The minimum absolute atomic E-state index is 0.175. The van der Waals surface area contributed by atoms with Gasteiger partial charge in [-0.2, -0.15) is 18.3 Å². The van der Waals surface area contributed by atoms with Crippen molar-refractivity contribution in [2.45, 2.75) is 12.7 Å². The van der Waals surface area contributed by atoms with Crippen LogP contribution in [0, 0.1) is 0 Å². The molecule has 4 nitrogen and oxygen atoms in total. The number of halogens is 3. The molecule has 2 heterocycles. The average Bonchev–Trinajstić information content (AvgIpc) is 2.71. The molecule has 0 aliphatic rings. The van der Waals surface area contributed by atoms with Crippen LogP contribution in [0.4, 0.5) is 19.0 Å². The molecule has 7 heteroatoms. The second-order valence-electron chi connectivity index (χ2n) is 3.70. The van der Waals surface area contributed by atoms with Gasteiger partial charge in [0, 0.05) is 19.4 Å². The van der Waals surface area contributed by atoms with Gasteiger partial charge < -0.3 is 5.32 Å². The van der Waals surface area contributed by atoms with Gasteiger partial charge in [0.05, 0.1) is 17.8 Å². The predicted molar refractivity (Wildman–Crippen MR) is 59.8 cm³/mol. The Kier molecular flexibility index (Phi) is 3.22. The van der Waals surface area contributed by atoms with Crippen molar-refractivity contribution >= 4 is 5.82 Å². The summed E-state index contributed by atoms with van der Waals surface area (Å²) in [5.74, 6) is -0.175. The van der Waals surface area contributed by atoms with Gasteiger partial charge in [-0.15, -0.1) is 0 Å². The first-order chi connectivity index (χ1) is 8.48. The molecule has 0 fully saturated rings. The lowest BCUT2D eigenvalue weighted by molar-refractivity contribution is -0.137. The third-order valence-corrected chi connectivity index (χ3v) is 2.47. The predicted octanol–water partition coefficient (Wildman–Crippen LogP) is 2.45. The summed E-state index contributed by atoms with van der Waals surface area (Å²) in [6.45, 7) is 0.233. The van der Waals surface area contributed by atoms with E-state index in [1.165, 1.54) is 12.3 Å². The van der Waals surface area contributed by atoms with Gasteiger partial charge in [0.1, 0.15) is 5.82 Å². The zero-order chi connectivity index (χ0) is 13.2. The Labute approximate surface area is 101 Å². The summed E-state index contributed by atoms with van der Waals surface area (Å²) in [5, 5.41) is 6.61. The van der Waals surface area contributed by atoms with E-state index in [-0.39, 0.29) is 12.4 Å². The van der Waals surface area contributed by atoms with Crippen molar-refractivity contribution in [2.75, 3.05) is 5.32 Å². The zero-order valence-corrected chi connectivity index (χ0v) is 9.57. The molecule has 2 aromatic rings. The smallest absolute Gasteiger partial charge is 0.364 e. The highest BCUT2D eigenvalue weighted by Crippen LogP contribution is 2.33. The van der Waals surface area contributed by atoms with Crippen molar-refractivity contribution in [2.24, 2.45) is 7.05 Å². The molecule has 0 saturated carbocycles. The fourth-order valence-electron chi connectivity index (χ4n) is 1.52. The van der Waals surface area contributed by atoms with Crippen molar-refractivity contribution in [1.29, 1.82) is 0 Å². The highest BCUT2D eigenvalue weighted by atomic mass is 19.4. The highest BCUT2D eigenvalue weighted by Gasteiger charge is 2.33. The normalized spacial score (nSPS) is 11.6. The van der Waals surface area contributed by atoms with Gasteiger partial charge in [-0.25, -0.2) is 4.98 Å². The van der Waals surface area contributed by atoms with E-state index < -0.39 is 11.7 Å². The number of anilines is 1. The molecule has 0 saturated heterocycles. The van der Waals surface area contributed by atoms with E-state index >= 15 is 0 Å². The van der Waals surface area contributed by atoms with Crippen LogP contribution in [0.1, 0.15) is 11.3 Å². The molecule has 2 rings (SSSR count). The molecule has 0 aromatic carbocycles. The number of aryl methyl sites for hydroxylation is 1. The standard InChI is InChI=1S/C11H11F3N4/c1-18-8(4-6-17-18)7-16-10-9(11(12,13)14)3-2-5-15-10/h2-6H,7H2,1H3,(H,15,16). The molecule has 18 heavy (non-hydrogen) atoms. The maximum absolute atomic E-state index is 12.7. The van der Waals surface area contributed by atoms with Crippen LogP contribution < -0.4 is 5.32 Å². The fourth-order valence-corrected chi connectivity index (χ4v) is 1.52. The van der Waals surface area contributed by atoms with E-state index in [1.807, 2.05) is 0 Å². The zero-order valence-electron chi connectivity index (χ0n) is 9.57. The van der Waals surface area contributed by atoms with Gasteiger partial charge in [0.15, 0.2) is 0 Å². The van der Waals surface area contributed by atoms with Crippen LogP contribution in [-0.2, 0) is 19.8 Å². The first-order valence-electron chi connectivity index (χ1n) is 5.21. The molecule has 0 amide bonds.